The van der Waals surface area contributed by atoms with Gasteiger partial charge < -0.3 is 10.0 Å². The van der Waals surface area contributed by atoms with Crippen LogP contribution in [0, 0.1) is 11.8 Å². The highest BCUT2D eigenvalue weighted by atomic mass is 16.3. The van der Waals surface area contributed by atoms with E-state index in [9.17, 15) is 5.11 Å². The topological polar surface area (TPSA) is 23.5 Å². The van der Waals surface area contributed by atoms with E-state index in [2.05, 4.69) is 19.0 Å². The van der Waals surface area contributed by atoms with Crippen LogP contribution in [0.15, 0.2) is 0 Å². The number of rotatable bonds is 1. The molecule has 0 unspecified atom stereocenters. The van der Waals surface area contributed by atoms with Gasteiger partial charge in [-0.25, -0.2) is 0 Å². The molecule has 0 aromatic carbocycles. The van der Waals surface area contributed by atoms with Crippen molar-refractivity contribution in [3.63, 3.8) is 0 Å². The smallest absolute Gasteiger partial charge is 0.0695 e. The van der Waals surface area contributed by atoms with Crippen LogP contribution in [0.4, 0.5) is 0 Å². The van der Waals surface area contributed by atoms with Crippen molar-refractivity contribution in [1.82, 2.24) is 4.90 Å². The van der Waals surface area contributed by atoms with E-state index in [-0.39, 0.29) is 6.10 Å². The number of hydrogen-bond acceptors (Lipinski definition) is 2. The largest absolute Gasteiger partial charge is 0.391 e. The molecule has 2 heteroatoms. The third-order valence-corrected chi connectivity index (χ3v) is 3.84. The van der Waals surface area contributed by atoms with Gasteiger partial charge in [0.2, 0.25) is 0 Å². The molecule has 0 saturated heterocycles. The van der Waals surface area contributed by atoms with Gasteiger partial charge in [0.15, 0.2) is 0 Å². The van der Waals surface area contributed by atoms with Crippen LogP contribution in [-0.2, 0) is 0 Å². The van der Waals surface area contributed by atoms with E-state index in [1.54, 1.807) is 0 Å². The zero-order valence-corrected chi connectivity index (χ0v) is 8.74. The predicted octanol–water partition coefficient (Wildman–Crippen LogP) is 1.49. The third-order valence-electron chi connectivity index (χ3n) is 3.84. The number of aliphatic hydroxyl groups is 1. The van der Waals surface area contributed by atoms with E-state index in [1.165, 1.54) is 25.7 Å². The van der Waals surface area contributed by atoms with Gasteiger partial charge in [-0.15, -0.1) is 0 Å². The van der Waals surface area contributed by atoms with E-state index in [1.807, 2.05) is 0 Å². The Labute approximate surface area is 80.9 Å². The predicted molar refractivity (Wildman–Crippen MR) is 53.5 cm³/mol. The highest BCUT2D eigenvalue weighted by molar-refractivity contribution is 4.91. The van der Waals surface area contributed by atoms with Crippen LogP contribution in [-0.4, -0.2) is 36.2 Å². The number of likely N-dealkylation sites (N-methyl/N-ethyl adjacent to an activating group) is 1. The van der Waals surface area contributed by atoms with Crippen LogP contribution < -0.4 is 0 Å². The maximum Gasteiger partial charge on any atom is 0.0695 e. The lowest BCUT2D eigenvalue weighted by atomic mass is 9.94. The molecule has 2 aliphatic rings. The summed E-state index contributed by atoms with van der Waals surface area (Å²) in [7, 11) is 4.17. The SMILES string of the molecule is CN(C)[C@@H]1CC[C@@H]2C[C@H]2CC[C@H]1O. The van der Waals surface area contributed by atoms with Crippen LogP contribution in [0.2, 0.25) is 0 Å². The Morgan fingerprint density at radius 3 is 2.23 bits per heavy atom. The summed E-state index contributed by atoms with van der Waals surface area (Å²) >= 11 is 0. The highest BCUT2D eigenvalue weighted by Gasteiger charge is 2.39. The van der Waals surface area contributed by atoms with E-state index >= 15 is 0 Å². The molecule has 2 rings (SSSR count). The van der Waals surface area contributed by atoms with E-state index in [0.29, 0.717) is 6.04 Å². The first-order valence-electron chi connectivity index (χ1n) is 5.53. The van der Waals surface area contributed by atoms with Crippen molar-refractivity contribution < 1.29 is 5.11 Å². The van der Waals surface area contributed by atoms with Crippen LogP contribution in [0.3, 0.4) is 0 Å². The second-order valence-electron chi connectivity index (χ2n) is 5.01. The second-order valence-corrected chi connectivity index (χ2v) is 5.01. The molecule has 2 nitrogen and oxygen atoms in total. The van der Waals surface area contributed by atoms with Gasteiger partial charge in [0.05, 0.1) is 6.10 Å². The van der Waals surface area contributed by atoms with E-state index < -0.39 is 0 Å². The molecule has 76 valence electrons. The van der Waals surface area contributed by atoms with Gasteiger partial charge in [-0.1, -0.05) is 0 Å². The van der Waals surface area contributed by atoms with Crippen molar-refractivity contribution in [3.8, 4) is 0 Å². The minimum atomic E-state index is -0.0865. The normalized spacial score (nSPS) is 45.2. The molecule has 13 heavy (non-hydrogen) atoms. The summed E-state index contributed by atoms with van der Waals surface area (Å²) in [6.07, 6.45) is 6.16. The van der Waals surface area contributed by atoms with Crippen molar-refractivity contribution in [2.75, 3.05) is 14.1 Å². The molecule has 0 aromatic rings. The molecule has 1 N–H and O–H groups in total. The Kier molecular flexibility index (Phi) is 2.61. The van der Waals surface area contributed by atoms with Crippen molar-refractivity contribution in [1.29, 1.82) is 0 Å². The Morgan fingerprint density at radius 1 is 1.00 bits per heavy atom. The monoisotopic (exact) mass is 183 g/mol. The summed E-state index contributed by atoms with van der Waals surface area (Å²) in [5.41, 5.74) is 0. The molecule has 0 spiro atoms. The Hall–Kier alpha value is -0.0800. The molecule has 2 aliphatic carbocycles. The van der Waals surface area contributed by atoms with E-state index in [4.69, 9.17) is 0 Å². The lowest BCUT2D eigenvalue weighted by molar-refractivity contribution is 0.0548. The zero-order valence-electron chi connectivity index (χ0n) is 8.74. The summed E-state index contributed by atoms with van der Waals surface area (Å²) < 4.78 is 0. The molecule has 0 amide bonds. The molecular formula is C11H21NO. The van der Waals surface area contributed by atoms with Crippen molar-refractivity contribution in [2.45, 2.75) is 44.2 Å². The van der Waals surface area contributed by atoms with Crippen molar-refractivity contribution >= 4 is 0 Å². The zero-order chi connectivity index (χ0) is 9.42. The summed E-state index contributed by atoms with van der Waals surface area (Å²) in [5, 5.41) is 9.94. The van der Waals surface area contributed by atoms with Crippen molar-refractivity contribution in [3.05, 3.63) is 0 Å². The Morgan fingerprint density at radius 2 is 1.62 bits per heavy atom. The standard InChI is InChI=1S/C11H21NO/c1-12(2)10-5-3-8-7-9(8)4-6-11(10)13/h8-11,13H,3-7H2,1-2H3/t8-,9-,10-,11-/m1/s1. The number of hydrogen-bond donors (Lipinski definition) is 1. The number of nitrogens with zero attached hydrogens (tertiary/aromatic N) is 1. The van der Waals surface area contributed by atoms with Gasteiger partial charge in [-0.05, 0) is 58.0 Å². The Balaban J connectivity index is 1.93. The molecule has 0 radical (unpaired) electrons. The van der Waals surface area contributed by atoms with Crippen LogP contribution in [0.1, 0.15) is 32.1 Å². The quantitative estimate of drug-likeness (QED) is 0.665. The van der Waals surface area contributed by atoms with Gasteiger partial charge in [0.1, 0.15) is 0 Å². The minimum Gasteiger partial charge on any atom is -0.391 e. The highest BCUT2D eigenvalue weighted by Crippen LogP contribution is 2.47. The second kappa shape index (κ2) is 3.58. The molecule has 2 saturated carbocycles. The van der Waals surface area contributed by atoms with Gasteiger partial charge in [0, 0.05) is 6.04 Å². The van der Waals surface area contributed by atoms with Crippen LogP contribution in [0.5, 0.6) is 0 Å². The summed E-state index contributed by atoms with van der Waals surface area (Å²) in [6, 6.07) is 0.404. The third kappa shape index (κ3) is 2.05. The van der Waals surface area contributed by atoms with Gasteiger partial charge in [0.25, 0.3) is 0 Å². The summed E-state index contributed by atoms with van der Waals surface area (Å²) in [5.74, 6) is 1.98. The summed E-state index contributed by atoms with van der Waals surface area (Å²) in [6.45, 7) is 0. The van der Waals surface area contributed by atoms with Crippen molar-refractivity contribution in [2.24, 2.45) is 11.8 Å². The lowest BCUT2D eigenvalue weighted by Crippen LogP contribution is -2.39. The molecule has 4 atom stereocenters. The van der Waals surface area contributed by atoms with Crippen LogP contribution >= 0.6 is 0 Å². The van der Waals surface area contributed by atoms with Gasteiger partial charge >= 0.3 is 0 Å². The fourth-order valence-corrected chi connectivity index (χ4v) is 2.77. The van der Waals surface area contributed by atoms with E-state index in [0.717, 1.165) is 18.3 Å². The van der Waals surface area contributed by atoms with Crippen LogP contribution in [0.25, 0.3) is 0 Å². The number of fused-ring (bicyclic) bond motifs is 1. The first kappa shape index (κ1) is 9.47. The first-order valence-corrected chi connectivity index (χ1v) is 5.53. The number of aliphatic hydroxyl groups excluding tert-OH is 1. The maximum atomic E-state index is 9.94. The molecule has 0 heterocycles. The molecule has 0 aromatic heterocycles. The average Bonchev–Trinajstić information content (AvgIpc) is 2.76. The maximum absolute atomic E-state index is 9.94. The van der Waals surface area contributed by atoms with Gasteiger partial charge in [-0.3, -0.25) is 0 Å². The van der Waals surface area contributed by atoms with Gasteiger partial charge in [-0.2, -0.15) is 0 Å². The summed E-state index contributed by atoms with van der Waals surface area (Å²) in [4.78, 5) is 2.19. The molecule has 2 fully saturated rings. The lowest BCUT2D eigenvalue weighted by Gasteiger charge is -2.30. The fourth-order valence-electron chi connectivity index (χ4n) is 2.77. The molecule has 0 aliphatic heterocycles. The molecular weight excluding hydrogens is 162 g/mol. The minimum absolute atomic E-state index is 0.0865. The fraction of sp³-hybridized carbons (Fsp3) is 1.00. The molecule has 0 bridgehead atoms. The average molecular weight is 183 g/mol. The Bertz CT molecular complexity index is 181. The first-order chi connectivity index (χ1) is 6.18.